The SMILES string of the molecule is Cc1nnc(CN(C)CC(C)(C)O)n1C. The summed E-state index contributed by atoms with van der Waals surface area (Å²) in [5.74, 6) is 1.82. The molecule has 0 aliphatic heterocycles. The first kappa shape index (κ1) is 12.1. The molecule has 0 radical (unpaired) electrons. The molecule has 1 aromatic heterocycles. The average molecular weight is 212 g/mol. The number of hydrogen-bond acceptors (Lipinski definition) is 4. The van der Waals surface area contributed by atoms with Crippen LogP contribution in [0.4, 0.5) is 0 Å². The van der Waals surface area contributed by atoms with Crippen molar-refractivity contribution in [2.45, 2.75) is 32.9 Å². The highest BCUT2D eigenvalue weighted by Crippen LogP contribution is 2.07. The van der Waals surface area contributed by atoms with Crippen LogP contribution in [0.5, 0.6) is 0 Å². The monoisotopic (exact) mass is 212 g/mol. The Morgan fingerprint density at radius 3 is 2.40 bits per heavy atom. The van der Waals surface area contributed by atoms with Gasteiger partial charge in [0.15, 0.2) is 0 Å². The molecule has 5 nitrogen and oxygen atoms in total. The molecule has 0 saturated carbocycles. The molecule has 1 rings (SSSR count). The van der Waals surface area contributed by atoms with E-state index < -0.39 is 5.60 Å². The van der Waals surface area contributed by atoms with Gasteiger partial charge in [-0.1, -0.05) is 0 Å². The number of aryl methyl sites for hydroxylation is 1. The first-order valence-electron chi connectivity index (χ1n) is 5.05. The number of likely N-dealkylation sites (N-methyl/N-ethyl adjacent to an activating group) is 1. The highest BCUT2D eigenvalue weighted by atomic mass is 16.3. The molecule has 0 bridgehead atoms. The zero-order valence-corrected chi connectivity index (χ0v) is 10.2. The summed E-state index contributed by atoms with van der Waals surface area (Å²) in [6.45, 7) is 6.82. The fourth-order valence-electron chi connectivity index (χ4n) is 1.55. The number of hydrogen-bond donors (Lipinski definition) is 1. The molecule has 1 N–H and O–H groups in total. The van der Waals surface area contributed by atoms with Crippen LogP contribution in [0, 0.1) is 6.92 Å². The van der Waals surface area contributed by atoms with Crippen LogP contribution in [0.1, 0.15) is 25.5 Å². The van der Waals surface area contributed by atoms with Gasteiger partial charge in [-0.3, -0.25) is 4.90 Å². The molecule has 0 spiro atoms. The lowest BCUT2D eigenvalue weighted by molar-refractivity contribution is 0.0415. The Bertz CT molecular complexity index is 327. The van der Waals surface area contributed by atoms with E-state index in [2.05, 4.69) is 10.2 Å². The maximum atomic E-state index is 9.66. The van der Waals surface area contributed by atoms with E-state index in [0.717, 1.165) is 11.6 Å². The van der Waals surface area contributed by atoms with Crippen molar-refractivity contribution in [3.05, 3.63) is 11.6 Å². The van der Waals surface area contributed by atoms with E-state index in [1.54, 1.807) is 13.8 Å². The maximum absolute atomic E-state index is 9.66. The maximum Gasteiger partial charge on any atom is 0.146 e. The van der Waals surface area contributed by atoms with Crippen molar-refractivity contribution < 1.29 is 5.11 Å². The second-order valence-electron chi connectivity index (χ2n) is 4.71. The van der Waals surface area contributed by atoms with E-state index in [1.165, 1.54) is 0 Å². The van der Waals surface area contributed by atoms with Gasteiger partial charge in [-0.15, -0.1) is 10.2 Å². The zero-order chi connectivity index (χ0) is 11.6. The summed E-state index contributed by atoms with van der Waals surface area (Å²) in [6.07, 6.45) is 0. The molecule has 0 atom stereocenters. The summed E-state index contributed by atoms with van der Waals surface area (Å²) < 4.78 is 1.96. The van der Waals surface area contributed by atoms with Gasteiger partial charge in [0.1, 0.15) is 11.6 Å². The normalized spacial score (nSPS) is 12.5. The summed E-state index contributed by atoms with van der Waals surface area (Å²) in [6, 6.07) is 0. The Kier molecular flexibility index (Phi) is 3.46. The van der Waals surface area contributed by atoms with Gasteiger partial charge in [0.25, 0.3) is 0 Å². The van der Waals surface area contributed by atoms with Crippen LogP contribution in [0.2, 0.25) is 0 Å². The molecule has 86 valence electrons. The van der Waals surface area contributed by atoms with Crippen LogP contribution in [0.25, 0.3) is 0 Å². The smallest absolute Gasteiger partial charge is 0.146 e. The third-order valence-electron chi connectivity index (χ3n) is 2.25. The minimum absolute atomic E-state index is 0.610. The lowest BCUT2D eigenvalue weighted by atomic mass is 10.1. The Morgan fingerprint density at radius 2 is 2.00 bits per heavy atom. The molecule has 1 aromatic rings. The van der Waals surface area contributed by atoms with E-state index in [4.69, 9.17) is 0 Å². The van der Waals surface area contributed by atoms with Gasteiger partial charge in [0.2, 0.25) is 0 Å². The van der Waals surface area contributed by atoms with E-state index in [9.17, 15) is 5.11 Å². The predicted octanol–water partition coefficient (Wildman–Crippen LogP) is 0.326. The van der Waals surface area contributed by atoms with E-state index in [0.29, 0.717) is 13.1 Å². The summed E-state index contributed by atoms with van der Waals surface area (Å²) in [5, 5.41) is 17.7. The summed E-state index contributed by atoms with van der Waals surface area (Å²) in [5.41, 5.74) is -0.678. The molecule has 15 heavy (non-hydrogen) atoms. The number of rotatable bonds is 4. The van der Waals surface area contributed by atoms with Crippen molar-refractivity contribution in [3.63, 3.8) is 0 Å². The minimum Gasteiger partial charge on any atom is -0.389 e. The number of nitrogens with zero attached hydrogens (tertiary/aromatic N) is 4. The highest BCUT2D eigenvalue weighted by Gasteiger charge is 2.17. The van der Waals surface area contributed by atoms with E-state index in [1.807, 2.05) is 30.5 Å². The van der Waals surface area contributed by atoms with Gasteiger partial charge in [-0.2, -0.15) is 0 Å². The second-order valence-corrected chi connectivity index (χ2v) is 4.71. The number of aliphatic hydroxyl groups is 1. The quantitative estimate of drug-likeness (QED) is 0.781. The first-order valence-corrected chi connectivity index (χ1v) is 5.05. The lowest BCUT2D eigenvalue weighted by Gasteiger charge is -2.24. The van der Waals surface area contributed by atoms with E-state index in [-0.39, 0.29) is 0 Å². The molecular formula is C10H20N4O. The molecule has 0 saturated heterocycles. The second kappa shape index (κ2) is 4.28. The van der Waals surface area contributed by atoms with Crippen molar-refractivity contribution in [3.8, 4) is 0 Å². The van der Waals surface area contributed by atoms with Gasteiger partial charge < -0.3 is 9.67 Å². The molecule has 0 fully saturated rings. The van der Waals surface area contributed by atoms with Crippen LogP contribution in [0.15, 0.2) is 0 Å². The van der Waals surface area contributed by atoms with Crippen molar-refractivity contribution in [2.24, 2.45) is 7.05 Å². The first-order chi connectivity index (χ1) is 6.79. The van der Waals surface area contributed by atoms with Crippen molar-refractivity contribution in [1.82, 2.24) is 19.7 Å². The highest BCUT2D eigenvalue weighted by molar-refractivity contribution is 4.92. The molecule has 0 aromatic carbocycles. The third-order valence-corrected chi connectivity index (χ3v) is 2.25. The molecule has 1 heterocycles. The Morgan fingerprint density at radius 1 is 1.40 bits per heavy atom. The Labute approximate surface area is 90.7 Å². The standard InChI is InChI=1S/C10H20N4O/c1-8-11-12-9(14(8)5)6-13(4)7-10(2,3)15/h15H,6-7H2,1-5H3. The molecular weight excluding hydrogens is 192 g/mol. The number of aromatic nitrogens is 3. The summed E-state index contributed by atoms with van der Waals surface area (Å²) in [4.78, 5) is 2.03. The van der Waals surface area contributed by atoms with Gasteiger partial charge in [0, 0.05) is 13.6 Å². The molecule has 0 aliphatic rings. The zero-order valence-electron chi connectivity index (χ0n) is 10.2. The average Bonchev–Trinajstić information content (AvgIpc) is 2.32. The topological polar surface area (TPSA) is 54.2 Å². The van der Waals surface area contributed by atoms with Gasteiger partial charge in [-0.05, 0) is 27.8 Å². The molecule has 0 unspecified atom stereocenters. The minimum atomic E-state index is -0.678. The van der Waals surface area contributed by atoms with Crippen LogP contribution >= 0.6 is 0 Å². The molecule has 5 heteroatoms. The van der Waals surface area contributed by atoms with Crippen LogP contribution < -0.4 is 0 Å². The van der Waals surface area contributed by atoms with Crippen LogP contribution in [-0.4, -0.2) is 44.0 Å². The van der Waals surface area contributed by atoms with Gasteiger partial charge in [0.05, 0.1) is 12.1 Å². The molecule has 0 amide bonds. The van der Waals surface area contributed by atoms with Crippen molar-refractivity contribution in [2.75, 3.05) is 13.6 Å². The Hall–Kier alpha value is -0.940. The van der Waals surface area contributed by atoms with Gasteiger partial charge >= 0.3 is 0 Å². The largest absolute Gasteiger partial charge is 0.389 e. The molecule has 0 aliphatic carbocycles. The summed E-state index contributed by atoms with van der Waals surface area (Å²) in [7, 11) is 3.91. The van der Waals surface area contributed by atoms with Crippen molar-refractivity contribution in [1.29, 1.82) is 0 Å². The Balaban J connectivity index is 2.59. The van der Waals surface area contributed by atoms with Crippen LogP contribution in [-0.2, 0) is 13.6 Å². The van der Waals surface area contributed by atoms with Gasteiger partial charge in [-0.25, -0.2) is 0 Å². The lowest BCUT2D eigenvalue weighted by Crippen LogP contribution is -2.36. The third kappa shape index (κ3) is 3.60. The fraction of sp³-hybridized carbons (Fsp3) is 0.800. The fourth-order valence-corrected chi connectivity index (χ4v) is 1.55. The van der Waals surface area contributed by atoms with Crippen LogP contribution in [0.3, 0.4) is 0 Å². The summed E-state index contributed by atoms with van der Waals surface area (Å²) >= 11 is 0. The van der Waals surface area contributed by atoms with Crippen molar-refractivity contribution >= 4 is 0 Å². The predicted molar refractivity (Wildman–Crippen MR) is 58.4 cm³/mol. The van der Waals surface area contributed by atoms with E-state index >= 15 is 0 Å².